The van der Waals surface area contributed by atoms with E-state index in [9.17, 15) is 121 Å². The molecule has 1 saturated heterocycles. The predicted octanol–water partition coefficient (Wildman–Crippen LogP) is -5.62. The molecule has 115 heavy (non-hydrogen) atoms. The maximum atomic E-state index is 14.8. The van der Waals surface area contributed by atoms with Gasteiger partial charge >= 0.3 is 29.8 Å². The fourth-order valence-electron chi connectivity index (χ4n) is 11.7. The number of hydrogen-bond acceptors (Lipinski definition) is 24. The average Bonchev–Trinajstić information content (AvgIpc) is 1.72. The number of Topliss-reactive ketones (excluding diaryl/α,β-unsaturated/α-hetero) is 1. The Kier molecular flexibility index (Phi) is 39.2. The minimum atomic E-state index is -2.45. The number of carboxylic acids is 4. The number of rotatable bonds is 35. The molecule has 0 aliphatic carbocycles. The number of nitrogens with two attached hydrogens (primary N) is 3. The summed E-state index contributed by atoms with van der Waals surface area (Å²) in [4.78, 5) is 276. The second kappa shape index (κ2) is 47.6. The fraction of sp³-hybridized carbons (Fsp3) is 0.528. The quantitative estimate of drug-likeness (QED) is 0.0113. The number of ketones is 1. The van der Waals surface area contributed by atoms with Crippen LogP contribution in [0.2, 0.25) is 0 Å². The van der Waals surface area contributed by atoms with Crippen molar-refractivity contribution in [1.82, 2.24) is 74.1 Å². The maximum Gasteiger partial charge on any atom is 0.329 e. The van der Waals surface area contributed by atoms with Gasteiger partial charge in [-0.3, -0.25) is 91.1 Å². The van der Waals surface area contributed by atoms with Crippen LogP contribution in [0.3, 0.4) is 0 Å². The smallest absolute Gasteiger partial charge is 0.329 e. The number of carbonyl (C=O) groups excluding carboxylic acids is 16. The standard InChI is InChI=1S/C72H101N17O26/c1-5-6-7-8-9-10-11-22-53(93)81-44(25-38-31-76-42-20-15-13-17-39(38)42)66(108)84-45(27-52(75)92)67(109)86-48(30-59(102)103)68(110)89-61-37(4)115-72(114)49(26-51(91)40-18-12-14-19-41(40)74)87-71(113)60(35(2)24-56(96)97)88-69(111)50(34-90)82-55(95)32-77-63(105)46(28-57(98)99)83-62(104)36(3)79-65(107)47(29-58(100)101)85-64(106)43(21-16-23-73)80-54(94)33-78-70(61)112/h12-15,17-20,31,35-37,43-50,60-61,76,90H,5-11,16,21-30,32-34,73-74H2,1-4H3,(H2,75,92)(H,77,105)(H,78,112)(H,79,107)(H,80,94)(H,81,93)(H,82,95)(H,83,104)(H,84,108)(H,85,106)(H,86,109)(H,87,113)(H,88,111)(H,89,110)(H,96,97)(H,98,99)(H,100,101)(H,102,103)/t35-,36+,37?,43-,44-,45-,46-,47-,48-,49-,50+,60+,61+/m0/s1. The van der Waals surface area contributed by atoms with E-state index < -0.39 is 261 Å². The number of ether oxygens (including phenoxy) is 1. The van der Waals surface area contributed by atoms with Gasteiger partial charge in [0.25, 0.3) is 0 Å². The number of benzene rings is 2. The Morgan fingerprint density at radius 2 is 1.09 bits per heavy atom. The molecule has 4 rings (SSSR count). The Hall–Kier alpha value is -12.7. The van der Waals surface area contributed by atoms with Gasteiger partial charge in [0.15, 0.2) is 5.78 Å². The summed E-state index contributed by atoms with van der Waals surface area (Å²) >= 11 is 0. The molecule has 25 N–H and O–H groups in total. The van der Waals surface area contributed by atoms with Crippen LogP contribution in [-0.2, 0) is 102 Å². The zero-order chi connectivity index (χ0) is 85.8. The highest BCUT2D eigenvalue weighted by atomic mass is 16.5. The normalized spacial score (nSPS) is 21.2. The summed E-state index contributed by atoms with van der Waals surface area (Å²) < 4.78 is 5.68. The number of aromatic amines is 1. The number of cyclic esters (lactones) is 1. The highest BCUT2D eigenvalue weighted by molar-refractivity contribution is 6.05. The number of nitrogen functional groups attached to an aromatic ring is 1. The molecule has 43 nitrogen and oxygen atoms in total. The SMILES string of the molecule is CCCCCCCCCC(=O)N[C@@H](Cc1c[nH]c2ccccc12)C(=O)N[C@@H](CC(N)=O)C(=O)N[C@@H](CC(=O)O)C(=O)N[C@H]1C(=O)NCC(=O)N[C@@H](CCCN)C(=O)N[C@@H](CC(=O)O)C(=O)N[C@H](C)C(=O)N[C@@H](CC(=O)O)C(=O)NCC(=O)N[C@H](CO)C(=O)N[C@H]([C@@H](C)CC(=O)O)C(=O)N[C@@H](CC(=O)c2ccccc2N)C(=O)OC1C. The molecule has 1 aromatic heterocycles. The number of fused-ring (bicyclic) bond motifs is 1. The number of carboxylic acid groups (broad SMARTS) is 4. The van der Waals surface area contributed by atoms with Gasteiger partial charge in [0.05, 0.1) is 51.8 Å². The number of aliphatic hydroxyl groups is 1. The third-order valence-electron chi connectivity index (χ3n) is 17.9. The van der Waals surface area contributed by atoms with Gasteiger partial charge in [0.2, 0.25) is 82.7 Å². The first-order chi connectivity index (χ1) is 54.4. The van der Waals surface area contributed by atoms with E-state index in [1.165, 1.54) is 24.3 Å². The molecular weight excluding hydrogens is 1520 g/mol. The van der Waals surface area contributed by atoms with Crippen molar-refractivity contribution < 1.29 is 126 Å². The lowest BCUT2D eigenvalue weighted by Gasteiger charge is -2.30. The van der Waals surface area contributed by atoms with Crippen LogP contribution in [0, 0.1) is 5.92 Å². The number of aliphatic carboxylic acids is 4. The van der Waals surface area contributed by atoms with Crippen molar-refractivity contribution in [2.24, 2.45) is 17.4 Å². The summed E-state index contributed by atoms with van der Waals surface area (Å²) in [6.07, 6.45) is -2.33. The second-order valence-corrected chi connectivity index (χ2v) is 27.2. The largest absolute Gasteiger partial charge is 0.481 e. The topological polar surface area (TPSA) is 702 Å². The van der Waals surface area contributed by atoms with Crippen LogP contribution in [0.4, 0.5) is 5.69 Å². The number of H-pyrrole nitrogens is 1. The third-order valence-corrected chi connectivity index (χ3v) is 17.9. The number of para-hydroxylation sites is 2. The van der Waals surface area contributed by atoms with E-state index in [-0.39, 0.29) is 37.1 Å². The minimum Gasteiger partial charge on any atom is -0.481 e. The predicted molar refractivity (Wildman–Crippen MR) is 400 cm³/mol. The van der Waals surface area contributed by atoms with Crippen molar-refractivity contribution in [3.63, 3.8) is 0 Å². The first-order valence-electron chi connectivity index (χ1n) is 36.8. The summed E-state index contributed by atoms with van der Waals surface area (Å²) in [6.45, 7) is 1.11. The first kappa shape index (κ1) is 94.7. The first-order valence-corrected chi connectivity index (χ1v) is 36.8. The van der Waals surface area contributed by atoms with Crippen LogP contribution in [0.15, 0.2) is 54.7 Å². The highest BCUT2D eigenvalue weighted by Crippen LogP contribution is 2.22. The molecule has 1 unspecified atom stereocenters. The van der Waals surface area contributed by atoms with Gasteiger partial charge in [0, 0.05) is 47.6 Å². The second-order valence-electron chi connectivity index (χ2n) is 27.2. The van der Waals surface area contributed by atoms with Crippen molar-refractivity contribution in [2.75, 3.05) is 32.0 Å². The zero-order valence-electron chi connectivity index (χ0n) is 63.6. The Morgan fingerprint density at radius 3 is 1.69 bits per heavy atom. The van der Waals surface area contributed by atoms with Crippen molar-refractivity contribution in [3.05, 3.63) is 65.9 Å². The molecule has 14 amide bonds. The van der Waals surface area contributed by atoms with E-state index in [2.05, 4.69) is 65.1 Å². The molecule has 1 aliphatic rings. The molecule has 1 fully saturated rings. The number of esters is 1. The molecule has 3 aromatic rings. The molecule has 0 radical (unpaired) electrons. The fourth-order valence-corrected chi connectivity index (χ4v) is 11.7. The van der Waals surface area contributed by atoms with Crippen LogP contribution < -0.4 is 86.3 Å². The van der Waals surface area contributed by atoms with E-state index >= 15 is 0 Å². The minimum absolute atomic E-state index is 0.0186. The number of primary amides is 1. The summed E-state index contributed by atoms with van der Waals surface area (Å²) in [5.74, 6) is -29.7. The van der Waals surface area contributed by atoms with E-state index in [1.54, 1.807) is 30.5 Å². The van der Waals surface area contributed by atoms with Crippen LogP contribution in [-0.4, -0.2) is 248 Å². The van der Waals surface area contributed by atoms with Crippen molar-refractivity contribution in [1.29, 1.82) is 0 Å². The number of carbonyl (C=O) groups is 20. The number of nitrogens with one attached hydrogen (secondary N) is 14. The number of amides is 14. The van der Waals surface area contributed by atoms with E-state index in [1.807, 2.05) is 16.0 Å². The number of aliphatic hydroxyl groups excluding tert-OH is 1. The lowest BCUT2D eigenvalue weighted by molar-refractivity contribution is -0.156. The number of anilines is 1. The summed E-state index contributed by atoms with van der Waals surface area (Å²) in [6, 6.07) is -10.5. The lowest BCUT2D eigenvalue weighted by atomic mass is 9.96. The Bertz CT molecular complexity index is 4040. The molecule has 43 heteroatoms. The van der Waals surface area contributed by atoms with Gasteiger partial charge in [0.1, 0.15) is 72.6 Å². The van der Waals surface area contributed by atoms with Crippen LogP contribution in [0.5, 0.6) is 0 Å². The number of unbranched alkanes of at least 4 members (excludes halogenated alkanes) is 6. The van der Waals surface area contributed by atoms with Gasteiger partial charge in [-0.05, 0) is 69.3 Å². The van der Waals surface area contributed by atoms with Gasteiger partial charge in [-0.1, -0.05) is 82.7 Å². The number of hydrogen-bond donors (Lipinski definition) is 22. The lowest BCUT2D eigenvalue weighted by Crippen LogP contribution is -2.62. The summed E-state index contributed by atoms with van der Waals surface area (Å²) in [5.41, 5.74) is 18.1. The third kappa shape index (κ3) is 32.5. The van der Waals surface area contributed by atoms with Gasteiger partial charge < -0.3 is 122 Å². The van der Waals surface area contributed by atoms with E-state index in [4.69, 9.17) is 21.9 Å². The molecule has 0 spiro atoms. The summed E-state index contributed by atoms with van der Waals surface area (Å²) in [5, 5.41) is 78.7. The molecule has 13 atom stereocenters. The van der Waals surface area contributed by atoms with E-state index in [0.29, 0.717) is 29.3 Å². The van der Waals surface area contributed by atoms with Gasteiger partial charge in [-0.25, -0.2) is 4.79 Å². The monoisotopic (exact) mass is 1620 g/mol. The van der Waals surface area contributed by atoms with Crippen LogP contribution in [0.1, 0.15) is 146 Å². The van der Waals surface area contributed by atoms with Crippen molar-refractivity contribution >= 4 is 135 Å². The molecular formula is C72H101N17O26. The molecule has 2 heterocycles. The van der Waals surface area contributed by atoms with Gasteiger partial charge in [-0.2, -0.15) is 0 Å². The van der Waals surface area contributed by atoms with Crippen LogP contribution >= 0.6 is 0 Å². The average molecular weight is 1620 g/mol. The Balaban J connectivity index is 1.87. The number of aromatic nitrogens is 1. The summed E-state index contributed by atoms with van der Waals surface area (Å²) in [7, 11) is 0. The maximum absolute atomic E-state index is 14.8. The molecule has 0 saturated carbocycles. The van der Waals surface area contributed by atoms with Crippen molar-refractivity contribution in [3.8, 4) is 0 Å². The molecule has 630 valence electrons. The Morgan fingerprint density at radius 1 is 0.548 bits per heavy atom. The Labute approximate surface area is 657 Å². The molecule has 1 aliphatic heterocycles. The molecule has 0 bridgehead atoms. The van der Waals surface area contributed by atoms with Crippen molar-refractivity contribution in [2.45, 2.75) is 209 Å². The van der Waals surface area contributed by atoms with E-state index in [0.717, 1.165) is 52.9 Å². The highest BCUT2D eigenvalue weighted by Gasteiger charge is 2.41. The zero-order valence-corrected chi connectivity index (χ0v) is 63.6. The van der Waals surface area contributed by atoms with Gasteiger partial charge in [-0.15, -0.1) is 0 Å². The molecule has 2 aromatic carbocycles. The van der Waals surface area contributed by atoms with Crippen LogP contribution in [0.25, 0.3) is 10.9 Å².